The van der Waals surface area contributed by atoms with Gasteiger partial charge in [-0.3, -0.25) is 4.57 Å². The molecule has 2 rings (SSSR count). The fraction of sp³-hybridized carbons (Fsp3) is 0.545. The number of hydrogen-bond donors (Lipinski definition) is 1. The second-order valence-electron chi connectivity index (χ2n) is 4.22. The number of aromatic nitrogens is 2. The average molecular weight is 268 g/mol. The lowest BCUT2D eigenvalue weighted by Crippen LogP contribution is -2.28. The van der Waals surface area contributed by atoms with E-state index in [0.717, 1.165) is 0 Å². The molecule has 0 saturated carbocycles. The molecule has 1 saturated heterocycles. The summed E-state index contributed by atoms with van der Waals surface area (Å²) in [4.78, 5) is 21.4. The fourth-order valence-corrected chi connectivity index (χ4v) is 1.55. The minimum Gasteiger partial charge on any atom is -0.391 e. The minimum atomic E-state index is -0.691. The van der Waals surface area contributed by atoms with E-state index in [4.69, 9.17) is 14.6 Å². The molecule has 1 aromatic rings. The Hall–Kier alpha value is -1.77. The van der Waals surface area contributed by atoms with Crippen LogP contribution in [0.4, 0.5) is 5.82 Å². The first-order valence-corrected chi connectivity index (χ1v) is 5.78. The standard InChI is InChI=1S/C11H16N4O4/c1-14(2)7-12-8-3-4-15(11(17)13-8)9-6-18-10(5-16)19-9/h3-4,7,9-10,16H,5-6H2,1-2H3/t9-,10-/m1/s1. The second-order valence-corrected chi connectivity index (χ2v) is 4.22. The van der Waals surface area contributed by atoms with Crippen molar-refractivity contribution in [2.24, 2.45) is 4.99 Å². The van der Waals surface area contributed by atoms with Gasteiger partial charge in [-0.1, -0.05) is 0 Å². The van der Waals surface area contributed by atoms with Crippen LogP contribution in [0.15, 0.2) is 22.1 Å². The van der Waals surface area contributed by atoms with Crippen LogP contribution in [-0.4, -0.2) is 59.5 Å². The first-order valence-electron chi connectivity index (χ1n) is 5.78. The molecule has 0 aromatic carbocycles. The van der Waals surface area contributed by atoms with Crippen LogP contribution in [0.1, 0.15) is 6.23 Å². The van der Waals surface area contributed by atoms with Gasteiger partial charge in [0.1, 0.15) is 0 Å². The molecule has 104 valence electrons. The fourth-order valence-electron chi connectivity index (χ4n) is 1.55. The van der Waals surface area contributed by atoms with E-state index in [9.17, 15) is 4.79 Å². The van der Waals surface area contributed by atoms with Gasteiger partial charge in [-0.05, 0) is 6.07 Å². The highest BCUT2D eigenvalue weighted by molar-refractivity contribution is 5.58. The van der Waals surface area contributed by atoms with Crippen molar-refractivity contribution >= 4 is 12.2 Å². The van der Waals surface area contributed by atoms with Gasteiger partial charge in [0.2, 0.25) is 0 Å². The van der Waals surface area contributed by atoms with E-state index < -0.39 is 18.2 Å². The molecular formula is C11H16N4O4. The summed E-state index contributed by atoms with van der Waals surface area (Å²) in [6.45, 7) is -0.0446. The van der Waals surface area contributed by atoms with E-state index in [1.807, 2.05) is 14.1 Å². The summed E-state index contributed by atoms with van der Waals surface area (Å²) in [5, 5.41) is 8.89. The molecule has 1 aromatic heterocycles. The first-order chi connectivity index (χ1) is 9.10. The third-order valence-corrected chi connectivity index (χ3v) is 2.43. The van der Waals surface area contributed by atoms with Gasteiger partial charge in [-0.25, -0.2) is 9.79 Å². The maximum absolute atomic E-state index is 11.8. The maximum Gasteiger partial charge on any atom is 0.351 e. The van der Waals surface area contributed by atoms with Gasteiger partial charge >= 0.3 is 5.69 Å². The zero-order valence-corrected chi connectivity index (χ0v) is 10.8. The van der Waals surface area contributed by atoms with Crippen LogP contribution in [0.5, 0.6) is 0 Å². The van der Waals surface area contributed by atoms with E-state index >= 15 is 0 Å². The number of ether oxygens (including phenoxy) is 2. The minimum absolute atomic E-state index is 0.202. The Morgan fingerprint density at radius 3 is 3.05 bits per heavy atom. The highest BCUT2D eigenvalue weighted by Gasteiger charge is 2.27. The van der Waals surface area contributed by atoms with Crippen molar-refractivity contribution in [2.75, 3.05) is 27.3 Å². The molecule has 1 aliphatic heterocycles. The number of nitrogens with zero attached hydrogens (tertiary/aromatic N) is 4. The molecular weight excluding hydrogens is 252 g/mol. The predicted octanol–water partition coefficient (Wildman–Crippen LogP) is -0.671. The molecule has 2 atom stereocenters. The summed E-state index contributed by atoms with van der Waals surface area (Å²) < 4.78 is 11.8. The molecule has 0 unspecified atom stereocenters. The summed E-state index contributed by atoms with van der Waals surface area (Å²) in [6.07, 6.45) is 1.85. The second kappa shape index (κ2) is 5.91. The van der Waals surface area contributed by atoms with Crippen LogP contribution >= 0.6 is 0 Å². The molecule has 1 aliphatic rings. The van der Waals surface area contributed by atoms with Crippen LogP contribution in [0.3, 0.4) is 0 Å². The third kappa shape index (κ3) is 3.37. The van der Waals surface area contributed by atoms with Crippen molar-refractivity contribution in [2.45, 2.75) is 12.5 Å². The van der Waals surface area contributed by atoms with Crippen LogP contribution in [-0.2, 0) is 9.47 Å². The SMILES string of the molecule is CN(C)C=Nc1ccn([C@H]2CO[C@@H](CO)O2)c(=O)n1. The lowest BCUT2D eigenvalue weighted by molar-refractivity contribution is -0.0992. The average Bonchev–Trinajstić information content (AvgIpc) is 2.85. The Morgan fingerprint density at radius 1 is 1.68 bits per heavy atom. The van der Waals surface area contributed by atoms with Gasteiger partial charge in [0.05, 0.1) is 19.6 Å². The molecule has 1 N–H and O–H groups in total. The summed E-state index contributed by atoms with van der Waals surface area (Å²) in [5.41, 5.74) is -0.472. The van der Waals surface area contributed by atoms with Crippen molar-refractivity contribution < 1.29 is 14.6 Å². The van der Waals surface area contributed by atoms with E-state index in [1.54, 1.807) is 23.5 Å². The summed E-state index contributed by atoms with van der Waals surface area (Å²) in [7, 11) is 3.65. The lowest BCUT2D eigenvalue weighted by atomic mass is 10.5. The van der Waals surface area contributed by atoms with Crippen LogP contribution in [0, 0.1) is 0 Å². The number of hydrogen-bond acceptors (Lipinski definition) is 6. The number of aliphatic hydroxyl groups is 1. The Bertz CT molecular complexity index is 514. The van der Waals surface area contributed by atoms with Crippen molar-refractivity contribution in [1.29, 1.82) is 0 Å². The zero-order valence-electron chi connectivity index (χ0n) is 10.8. The van der Waals surface area contributed by atoms with E-state index in [-0.39, 0.29) is 13.2 Å². The van der Waals surface area contributed by atoms with Gasteiger partial charge in [0.25, 0.3) is 0 Å². The summed E-state index contributed by atoms with van der Waals surface area (Å²) in [5.74, 6) is 0.326. The Morgan fingerprint density at radius 2 is 2.47 bits per heavy atom. The van der Waals surface area contributed by atoms with Gasteiger partial charge in [0.15, 0.2) is 18.3 Å². The smallest absolute Gasteiger partial charge is 0.351 e. The Labute approximate surface area is 109 Å². The molecule has 8 nitrogen and oxygen atoms in total. The molecule has 1 fully saturated rings. The summed E-state index contributed by atoms with van der Waals surface area (Å²) in [6, 6.07) is 1.61. The van der Waals surface area contributed by atoms with Gasteiger partial charge in [-0.15, -0.1) is 0 Å². The molecule has 0 aliphatic carbocycles. The van der Waals surface area contributed by atoms with Crippen LogP contribution < -0.4 is 5.69 Å². The topological polar surface area (TPSA) is 89.2 Å². The van der Waals surface area contributed by atoms with E-state index in [1.165, 1.54) is 4.57 Å². The quantitative estimate of drug-likeness (QED) is 0.575. The van der Waals surface area contributed by atoms with Gasteiger partial charge in [0, 0.05) is 20.3 Å². The molecule has 0 radical (unpaired) electrons. The monoisotopic (exact) mass is 268 g/mol. The van der Waals surface area contributed by atoms with Gasteiger partial charge in [-0.2, -0.15) is 4.98 Å². The number of rotatable bonds is 4. The molecule has 8 heteroatoms. The normalized spacial score (nSPS) is 23.1. The summed E-state index contributed by atoms with van der Waals surface area (Å²) >= 11 is 0. The van der Waals surface area contributed by atoms with Crippen molar-refractivity contribution in [1.82, 2.24) is 14.5 Å². The lowest BCUT2D eigenvalue weighted by Gasteiger charge is -2.11. The first kappa shape index (κ1) is 13.7. The maximum atomic E-state index is 11.8. The zero-order chi connectivity index (χ0) is 13.8. The highest BCUT2D eigenvalue weighted by atomic mass is 16.7. The molecule has 0 bridgehead atoms. The molecule has 0 amide bonds. The predicted molar refractivity (Wildman–Crippen MR) is 67.3 cm³/mol. The third-order valence-electron chi connectivity index (χ3n) is 2.43. The van der Waals surface area contributed by atoms with Crippen LogP contribution in [0.2, 0.25) is 0 Å². The molecule has 19 heavy (non-hydrogen) atoms. The Balaban J connectivity index is 2.14. The van der Waals surface area contributed by atoms with E-state index in [2.05, 4.69) is 9.98 Å². The highest BCUT2D eigenvalue weighted by Crippen LogP contribution is 2.19. The van der Waals surface area contributed by atoms with Crippen molar-refractivity contribution in [3.63, 3.8) is 0 Å². The number of aliphatic imine (C=N–C) groups is 1. The number of aliphatic hydroxyl groups excluding tert-OH is 1. The van der Waals surface area contributed by atoms with E-state index in [0.29, 0.717) is 5.82 Å². The molecule has 0 spiro atoms. The molecule has 2 heterocycles. The van der Waals surface area contributed by atoms with Crippen molar-refractivity contribution in [3.05, 3.63) is 22.7 Å². The largest absolute Gasteiger partial charge is 0.391 e. The van der Waals surface area contributed by atoms with Crippen molar-refractivity contribution in [3.8, 4) is 0 Å². The Kier molecular flexibility index (Phi) is 4.25. The van der Waals surface area contributed by atoms with Crippen LogP contribution in [0.25, 0.3) is 0 Å². The van der Waals surface area contributed by atoms with Gasteiger partial charge < -0.3 is 19.5 Å².